The van der Waals surface area contributed by atoms with Gasteiger partial charge < -0.3 is 0 Å². The molecule has 0 saturated heterocycles. The van der Waals surface area contributed by atoms with Crippen LogP contribution in [0.15, 0.2) is 28.0 Å². The van der Waals surface area contributed by atoms with E-state index in [1.165, 1.54) is 0 Å². The van der Waals surface area contributed by atoms with E-state index in [1.54, 1.807) is 0 Å². The number of halogens is 4. The zero-order valence-corrected chi connectivity index (χ0v) is 11.9. The Bertz CT molecular complexity index is 589. The lowest BCUT2D eigenvalue weighted by Gasteiger charge is -2.10. The summed E-state index contributed by atoms with van der Waals surface area (Å²) in [6.45, 7) is -0.933. The van der Waals surface area contributed by atoms with E-state index in [4.69, 9.17) is 0 Å². The molecule has 0 heterocycles. The van der Waals surface area contributed by atoms with Crippen LogP contribution in [0.3, 0.4) is 0 Å². The van der Waals surface area contributed by atoms with E-state index in [2.05, 4.69) is 8.71 Å². The van der Waals surface area contributed by atoms with Gasteiger partial charge in [-0.25, -0.2) is 8.57 Å². The van der Waals surface area contributed by atoms with E-state index < -0.39 is 58.5 Å². The van der Waals surface area contributed by atoms with Crippen LogP contribution < -0.4 is 0 Å². The summed E-state index contributed by atoms with van der Waals surface area (Å²) in [5.74, 6) is -1.03. The first-order chi connectivity index (χ1) is 9.15. The van der Waals surface area contributed by atoms with Gasteiger partial charge in [0.1, 0.15) is 10.7 Å². The third-order valence-electron chi connectivity index (χ3n) is 1.72. The lowest BCUT2D eigenvalue weighted by molar-refractivity contribution is -0.0329. The van der Waals surface area contributed by atoms with Crippen LogP contribution >= 0.6 is 20.4 Å². The fraction of sp³-hybridized carbons (Fsp3) is 0.250. The van der Waals surface area contributed by atoms with Gasteiger partial charge in [-0.3, -0.25) is 0 Å². The van der Waals surface area contributed by atoms with Crippen LogP contribution in [0.4, 0.5) is 17.6 Å². The number of hydrogen-bond donors (Lipinski definition) is 0. The van der Waals surface area contributed by atoms with E-state index in [1.807, 2.05) is 0 Å². The smallest absolute Gasteiger partial charge is 0.232 e. The van der Waals surface area contributed by atoms with E-state index in [0.29, 0.717) is 18.2 Å². The number of hydrogen-bond acceptors (Lipinski definition) is 6. The van der Waals surface area contributed by atoms with Gasteiger partial charge in [-0.15, -0.1) is 4.52 Å². The molecule has 1 rings (SSSR count). The average molecular weight is 353 g/mol. The summed E-state index contributed by atoms with van der Waals surface area (Å²) in [5.41, 5.74) is -4.80. The van der Waals surface area contributed by atoms with Crippen molar-refractivity contribution in [2.75, 3.05) is 6.79 Å². The summed E-state index contributed by atoms with van der Waals surface area (Å²) in [7, 11) is -5.90. The molecule has 12 heteroatoms. The number of rotatable bonds is 6. The highest BCUT2D eigenvalue weighted by Gasteiger charge is 2.33. The molecule has 0 bridgehead atoms. The van der Waals surface area contributed by atoms with Crippen LogP contribution in [0.2, 0.25) is 0 Å². The second-order valence-electron chi connectivity index (χ2n) is 3.06. The molecule has 0 aliphatic heterocycles. The van der Waals surface area contributed by atoms with E-state index in [9.17, 15) is 30.5 Å². The lowest BCUT2D eigenvalue weighted by atomic mass is 10.3. The van der Waals surface area contributed by atoms with Gasteiger partial charge in [0.2, 0.25) is 6.79 Å². The maximum absolute atomic E-state index is 12.9. The minimum atomic E-state index is -4.80. The number of benzene rings is 1. The molecule has 1 unspecified atom stereocenters. The predicted octanol–water partition coefficient (Wildman–Crippen LogP) is 3.06. The van der Waals surface area contributed by atoms with Crippen molar-refractivity contribution in [1.82, 2.24) is 0 Å². The highest BCUT2D eigenvalue weighted by molar-refractivity contribution is 8.00. The molecule has 112 valence electrons. The Balaban J connectivity index is 3.13. The van der Waals surface area contributed by atoms with Crippen molar-refractivity contribution in [1.29, 1.82) is 0 Å². The molecular weight excluding hydrogens is 347 g/mol. The van der Waals surface area contributed by atoms with Crippen molar-refractivity contribution in [2.45, 2.75) is 15.3 Å². The third-order valence-corrected chi connectivity index (χ3v) is 4.18. The number of thioether (sulfide) groups is 1. The molecule has 0 spiro atoms. The molecule has 0 saturated carbocycles. The van der Waals surface area contributed by atoms with E-state index >= 15 is 0 Å². The predicted molar refractivity (Wildman–Crippen MR) is 61.5 cm³/mol. The van der Waals surface area contributed by atoms with Crippen LogP contribution in [0, 0.1) is 5.82 Å². The molecule has 1 atom stereocenters. The maximum Gasteiger partial charge on any atom is 0.496 e. The fourth-order valence-electron chi connectivity index (χ4n) is 1.07. The number of alkyl halides is 3. The molecule has 20 heavy (non-hydrogen) atoms. The molecule has 0 N–H and O–H groups in total. The quantitative estimate of drug-likeness (QED) is 0.196. The lowest BCUT2D eigenvalue weighted by Crippen LogP contribution is -2.10. The molecule has 1 aromatic rings. The van der Waals surface area contributed by atoms with Gasteiger partial charge in [0.15, 0.2) is 0 Å². The Hall–Kier alpha value is -0.740. The minimum Gasteiger partial charge on any atom is -0.232 e. The standard InChI is InChI=1S/C8H6F4O5PS2/c9-5-1-2-7(6(3-5)19-8(10,11)12)20(14,15)17-4-16-18-13/h1-3,18H,4H2/q+1. The van der Waals surface area contributed by atoms with Gasteiger partial charge in [0, 0.05) is 4.90 Å². The Morgan fingerprint density at radius 3 is 2.50 bits per heavy atom. The summed E-state index contributed by atoms with van der Waals surface area (Å²) in [4.78, 5) is -1.74. The molecule has 0 radical (unpaired) electrons. The first-order valence-corrected chi connectivity index (χ1v) is 7.63. The summed E-state index contributed by atoms with van der Waals surface area (Å²) >= 11 is -0.792. The molecule has 1 aromatic carbocycles. The molecule has 5 nitrogen and oxygen atoms in total. The van der Waals surface area contributed by atoms with Gasteiger partial charge >= 0.3 is 24.3 Å². The normalized spacial score (nSPS) is 12.8. The minimum absolute atomic E-state index is 0.421. The largest absolute Gasteiger partial charge is 0.496 e. The zero-order valence-electron chi connectivity index (χ0n) is 9.31. The molecule has 0 aliphatic carbocycles. The Labute approximate surface area is 116 Å². The van der Waals surface area contributed by atoms with Crippen molar-refractivity contribution >= 4 is 30.6 Å². The van der Waals surface area contributed by atoms with Crippen LogP contribution in [-0.4, -0.2) is 20.7 Å². The van der Waals surface area contributed by atoms with Crippen molar-refractivity contribution in [3.05, 3.63) is 24.0 Å². The first-order valence-electron chi connectivity index (χ1n) is 4.59. The molecule has 0 aromatic heterocycles. The van der Waals surface area contributed by atoms with Gasteiger partial charge in [0.05, 0.1) is 0 Å². The van der Waals surface area contributed by atoms with Crippen LogP contribution in [-0.2, 0) is 23.4 Å². The zero-order chi connectivity index (χ0) is 15.4. The van der Waals surface area contributed by atoms with Crippen LogP contribution in [0.1, 0.15) is 0 Å². The topological polar surface area (TPSA) is 69.7 Å². The van der Waals surface area contributed by atoms with Gasteiger partial charge in [-0.2, -0.15) is 21.6 Å². The van der Waals surface area contributed by atoms with Crippen molar-refractivity contribution in [2.24, 2.45) is 0 Å². The molecule has 0 aliphatic rings. The molecule has 0 amide bonds. The van der Waals surface area contributed by atoms with E-state index in [0.717, 1.165) is 0 Å². The maximum atomic E-state index is 12.9. The van der Waals surface area contributed by atoms with Gasteiger partial charge in [0.25, 0.3) is 0 Å². The summed E-state index contributed by atoms with van der Waals surface area (Å²) in [5, 5.41) is 0. The average Bonchev–Trinajstić information content (AvgIpc) is 2.26. The van der Waals surface area contributed by atoms with Crippen LogP contribution in [0.25, 0.3) is 0 Å². The van der Waals surface area contributed by atoms with Crippen molar-refractivity contribution in [3.8, 4) is 0 Å². The van der Waals surface area contributed by atoms with E-state index in [-0.39, 0.29) is 0 Å². The molecule has 0 fully saturated rings. The van der Waals surface area contributed by atoms with Gasteiger partial charge in [-0.1, -0.05) is 0 Å². The summed E-state index contributed by atoms with van der Waals surface area (Å²) in [6.07, 6.45) is 0. The first kappa shape index (κ1) is 17.3. The van der Waals surface area contributed by atoms with Crippen LogP contribution in [0.5, 0.6) is 0 Å². The van der Waals surface area contributed by atoms with Crippen molar-refractivity contribution in [3.63, 3.8) is 0 Å². The highest BCUT2D eigenvalue weighted by atomic mass is 32.2. The fourth-order valence-corrected chi connectivity index (χ4v) is 3.12. The SMILES string of the molecule is O=[PH+]OCOS(=O)(=O)c1ccc(F)cc1SC(F)(F)F. The second-order valence-corrected chi connectivity index (χ2v) is 6.20. The monoisotopic (exact) mass is 353 g/mol. The highest BCUT2D eigenvalue weighted by Crippen LogP contribution is 2.40. The second kappa shape index (κ2) is 6.81. The van der Waals surface area contributed by atoms with Gasteiger partial charge in [-0.05, 0) is 34.5 Å². The van der Waals surface area contributed by atoms with Crippen molar-refractivity contribution < 1.29 is 39.3 Å². The Morgan fingerprint density at radius 1 is 1.30 bits per heavy atom. The summed E-state index contributed by atoms with van der Waals surface area (Å²) in [6, 6.07) is 1.73. The summed E-state index contributed by atoms with van der Waals surface area (Å²) < 4.78 is 91.3. The molecular formula is C8H6F4O5PS2+. The Kier molecular flexibility index (Phi) is 5.90. The Morgan fingerprint density at radius 2 is 1.95 bits per heavy atom. The third kappa shape index (κ3) is 5.33.